The molecule has 1 unspecified atom stereocenters. The summed E-state index contributed by atoms with van der Waals surface area (Å²) in [7, 11) is 0. The van der Waals surface area contributed by atoms with Crippen molar-refractivity contribution in [1.29, 1.82) is 0 Å². The highest BCUT2D eigenvalue weighted by Crippen LogP contribution is 2.34. The lowest BCUT2D eigenvalue weighted by molar-refractivity contribution is -0.136. The maximum atomic E-state index is 11.1. The summed E-state index contributed by atoms with van der Waals surface area (Å²) < 4.78 is 0. The molecule has 0 fully saturated rings. The van der Waals surface area contributed by atoms with Gasteiger partial charge in [-0.15, -0.1) is 11.8 Å². The summed E-state index contributed by atoms with van der Waals surface area (Å²) in [5.74, 6) is -0.726. The van der Waals surface area contributed by atoms with Crippen LogP contribution in [0.5, 0.6) is 0 Å². The number of aliphatic carboxylic acids is 1. The van der Waals surface area contributed by atoms with Gasteiger partial charge in [-0.3, -0.25) is 4.79 Å². The van der Waals surface area contributed by atoms with Crippen LogP contribution in [0.15, 0.2) is 11.0 Å². The smallest absolute Gasteiger partial charge is 0.316 e. The summed E-state index contributed by atoms with van der Waals surface area (Å²) in [4.78, 5) is 12.2. The van der Waals surface area contributed by atoms with E-state index in [4.69, 9.17) is 5.11 Å². The van der Waals surface area contributed by atoms with Crippen molar-refractivity contribution in [3.05, 3.63) is 28.3 Å². The predicted molar refractivity (Wildman–Crippen MR) is 73.0 cm³/mol. The molecule has 0 amide bonds. The zero-order valence-electron chi connectivity index (χ0n) is 11.1. The number of thioether (sulfide) groups is 1. The molecule has 0 radical (unpaired) electrons. The Morgan fingerprint density at radius 3 is 2.06 bits per heavy atom. The van der Waals surface area contributed by atoms with Gasteiger partial charge in [-0.05, 0) is 56.4 Å². The molecule has 0 bridgehead atoms. The first-order valence-corrected chi connectivity index (χ1v) is 6.73. The van der Waals surface area contributed by atoms with Gasteiger partial charge in [0.1, 0.15) is 5.25 Å². The van der Waals surface area contributed by atoms with E-state index < -0.39 is 5.97 Å². The molecule has 0 aliphatic rings. The number of rotatable bonds is 4. The Hall–Kier alpha value is -0.960. The largest absolute Gasteiger partial charge is 0.480 e. The molecule has 17 heavy (non-hydrogen) atoms. The van der Waals surface area contributed by atoms with Gasteiger partial charge in [-0.25, -0.2) is 0 Å². The first kappa shape index (κ1) is 14.1. The summed E-state index contributed by atoms with van der Waals surface area (Å²) in [5, 5.41) is 8.78. The monoisotopic (exact) mass is 252 g/mol. The zero-order chi connectivity index (χ0) is 13.2. The summed E-state index contributed by atoms with van der Waals surface area (Å²) in [6.45, 7) is 10.2. The van der Waals surface area contributed by atoms with E-state index in [1.54, 1.807) is 0 Å². The fourth-order valence-electron chi connectivity index (χ4n) is 1.81. The van der Waals surface area contributed by atoms with Crippen LogP contribution in [0.25, 0.3) is 0 Å². The molecule has 1 aromatic carbocycles. The van der Waals surface area contributed by atoms with Crippen molar-refractivity contribution in [3.8, 4) is 0 Å². The summed E-state index contributed by atoms with van der Waals surface area (Å²) in [6.07, 6.45) is 0.645. The van der Waals surface area contributed by atoms with Gasteiger partial charge in [0, 0.05) is 4.90 Å². The molecule has 0 saturated heterocycles. The predicted octanol–water partition coefficient (Wildman–Crippen LogP) is 3.88. The Kier molecular flexibility index (Phi) is 4.63. The molecule has 0 aromatic heterocycles. The number of hydrogen-bond acceptors (Lipinski definition) is 2. The molecule has 1 atom stereocenters. The molecule has 0 spiro atoms. The summed E-state index contributed by atoms with van der Waals surface area (Å²) in [5.41, 5.74) is 4.88. The molecule has 1 aromatic rings. The molecule has 3 heteroatoms. The SMILES string of the molecule is CCC(Sc1c(C)c(C)cc(C)c1C)C(=O)O. The Balaban J connectivity index is 3.17. The van der Waals surface area contributed by atoms with E-state index in [9.17, 15) is 4.79 Å². The van der Waals surface area contributed by atoms with Crippen LogP contribution in [-0.4, -0.2) is 16.3 Å². The van der Waals surface area contributed by atoms with Gasteiger partial charge in [-0.2, -0.15) is 0 Å². The van der Waals surface area contributed by atoms with E-state index in [1.807, 2.05) is 6.92 Å². The van der Waals surface area contributed by atoms with E-state index in [-0.39, 0.29) is 5.25 Å². The summed E-state index contributed by atoms with van der Waals surface area (Å²) >= 11 is 1.48. The first-order chi connectivity index (χ1) is 7.88. The second kappa shape index (κ2) is 5.58. The lowest BCUT2D eigenvalue weighted by Gasteiger charge is -2.17. The second-order valence-electron chi connectivity index (χ2n) is 4.44. The number of carbonyl (C=O) groups is 1. The minimum Gasteiger partial charge on any atom is -0.480 e. The van der Waals surface area contributed by atoms with E-state index in [2.05, 4.69) is 33.8 Å². The Morgan fingerprint density at radius 1 is 1.24 bits per heavy atom. The maximum absolute atomic E-state index is 11.1. The van der Waals surface area contributed by atoms with E-state index >= 15 is 0 Å². The van der Waals surface area contributed by atoms with Crippen molar-refractivity contribution >= 4 is 17.7 Å². The number of aryl methyl sites for hydroxylation is 2. The van der Waals surface area contributed by atoms with Crippen LogP contribution >= 0.6 is 11.8 Å². The quantitative estimate of drug-likeness (QED) is 0.826. The van der Waals surface area contributed by atoms with Gasteiger partial charge in [0.25, 0.3) is 0 Å². The van der Waals surface area contributed by atoms with Crippen molar-refractivity contribution < 1.29 is 9.90 Å². The van der Waals surface area contributed by atoms with Crippen molar-refractivity contribution in [2.24, 2.45) is 0 Å². The molecule has 1 rings (SSSR count). The third kappa shape index (κ3) is 3.03. The van der Waals surface area contributed by atoms with Gasteiger partial charge >= 0.3 is 5.97 Å². The molecule has 0 aliphatic heterocycles. The van der Waals surface area contributed by atoms with Crippen molar-refractivity contribution in [3.63, 3.8) is 0 Å². The Bertz CT molecular complexity index is 412. The Morgan fingerprint density at radius 2 is 1.71 bits per heavy atom. The number of carboxylic acids is 1. The third-order valence-electron chi connectivity index (χ3n) is 3.20. The third-order valence-corrected chi connectivity index (χ3v) is 4.87. The minimum absolute atomic E-state index is 0.353. The fourth-order valence-corrected chi connectivity index (χ4v) is 3.04. The average Bonchev–Trinajstić information content (AvgIpc) is 2.26. The molecule has 2 nitrogen and oxygen atoms in total. The van der Waals surface area contributed by atoms with Crippen LogP contribution in [0.4, 0.5) is 0 Å². The van der Waals surface area contributed by atoms with E-state index in [0.29, 0.717) is 6.42 Å². The standard InChI is InChI=1S/C14H20O2S/c1-6-12(14(15)16)17-13-10(4)8(2)7-9(3)11(13)5/h7,12H,6H2,1-5H3,(H,15,16). The topological polar surface area (TPSA) is 37.3 Å². The normalized spacial score (nSPS) is 12.5. The van der Waals surface area contributed by atoms with Crippen LogP contribution < -0.4 is 0 Å². The molecule has 0 aliphatic carbocycles. The fraction of sp³-hybridized carbons (Fsp3) is 0.500. The van der Waals surface area contributed by atoms with Crippen LogP contribution in [-0.2, 0) is 4.79 Å². The van der Waals surface area contributed by atoms with E-state index in [1.165, 1.54) is 34.0 Å². The first-order valence-electron chi connectivity index (χ1n) is 5.85. The highest BCUT2D eigenvalue weighted by molar-refractivity contribution is 8.00. The van der Waals surface area contributed by atoms with Crippen molar-refractivity contribution in [2.75, 3.05) is 0 Å². The molecule has 1 N–H and O–H groups in total. The summed E-state index contributed by atoms with van der Waals surface area (Å²) in [6, 6.07) is 2.16. The number of carboxylic acid groups (broad SMARTS) is 1. The lowest BCUT2D eigenvalue weighted by Crippen LogP contribution is -2.15. The number of hydrogen-bond donors (Lipinski definition) is 1. The zero-order valence-corrected chi connectivity index (χ0v) is 11.9. The number of benzene rings is 1. The molecule has 0 saturated carbocycles. The van der Waals surface area contributed by atoms with Crippen LogP contribution in [0.3, 0.4) is 0 Å². The van der Waals surface area contributed by atoms with E-state index in [0.717, 1.165) is 4.90 Å². The molecular formula is C14H20O2S. The molecular weight excluding hydrogens is 232 g/mol. The molecule has 0 heterocycles. The van der Waals surface area contributed by atoms with Crippen LogP contribution in [0.1, 0.15) is 35.6 Å². The van der Waals surface area contributed by atoms with Gasteiger partial charge in [0.15, 0.2) is 0 Å². The second-order valence-corrected chi connectivity index (χ2v) is 5.66. The highest BCUT2D eigenvalue weighted by atomic mass is 32.2. The van der Waals surface area contributed by atoms with Crippen LogP contribution in [0.2, 0.25) is 0 Å². The maximum Gasteiger partial charge on any atom is 0.316 e. The highest BCUT2D eigenvalue weighted by Gasteiger charge is 2.19. The average molecular weight is 252 g/mol. The lowest BCUT2D eigenvalue weighted by atomic mass is 10.0. The van der Waals surface area contributed by atoms with Crippen molar-refractivity contribution in [2.45, 2.75) is 51.2 Å². The van der Waals surface area contributed by atoms with Crippen LogP contribution in [0, 0.1) is 27.7 Å². The molecule has 94 valence electrons. The van der Waals surface area contributed by atoms with Gasteiger partial charge < -0.3 is 5.11 Å². The van der Waals surface area contributed by atoms with Gasteiger partial charge in [-0.1, -0.05) is 13.0 Å². The Labute approximate surface area is 107 Å². The van der Waals surface area contributed by atoms with Gasteiger partial charge in [0.2, 0.25) is 0 Å². The van der Waals surface area contributed by atoms with Crippen molar-refractivity contribution in [1.82, 2.24) is 0 Å². The minimum atomic E-state index is -0.726. The van der Waals surface area contributed by atoms with Gasteiger partial charge in [0.05, 0.1) is 0 Å².